The molecule has 0 unspecified atom stereocenters. The molecule has 0 aromatic heterocycles. The third-order valence-electron chi connectivity index (χ3n) is 3.07. The molecular weight excluding hydrogens is 244 g/mol. The normalized spacial score (nSPS) is 22.7. The molecule has 5 heteroatoms. The van der Waals surface area contributed by atoms with Crippen LogP contribution in [0.25, 0.3) is 0 Å². The predicted molar refractivity (Wildman–Crippen MR) is 75.3 cm³/mol. The fourth-order valence-corrected chi connectivity index (χ4v) is 2.05. The van der Waals surface area contributed by atoms with Gasteiger partial charge in [0.25, 0.3) is 0 Å². The molecule has 112 valence electrons. The van der Waals surface area contributed by atoms with E-state index in [1.165, 1.54) is 0 Å². The number of carbonyl (C=O) groups excluding carboxylic acids is 1. The Labute approximate surface area is 116 Å². The molecule has 0 heterocycles. The molecule has 0 atom stereocenters. The molecule has 2 N–H and O–H groups in total. The van der Waals surface area contributed by atoms with Crippen molar-refractivity contribution in [3.63, 3.8) is 0 Å². The number of amides is 1. The van der Waals surface area contributed by atoms with Crippen LogP contribution in [0, 0.1) is 0 Å². The highest BCUT2D eigenvalue weighted by molar-refractivity contribution is 5.68. The summed E-state index contributed by atoms with van der Waals surface area (Å²) in [7, 11) is 1.73. The van der Waals surface area contributed by atoms with Crippen LogP contribution in [0.1, 0.15) is 46.5 Å². The van der Waals surface area contributed by atoms with Gasteiger partial charge in [0.2, 0.25) is 0 Å². The molecule has 0 bridgehead atoms. The van der Waals surface area contributed by atoms with Gasteiger partial charge in [-0.1, -0.05) is 0 Å². The maximum absolute atomic E-state index is 11.5. The number of rotatable bonds is 7. The number of unbranched alkanes of at least 4 members (excludes halogenated alkanes) is 1. The van der Waals surface area contributed by atoms with Crippen LogP contribution in [-0.2, 0) is 9.47 Å². The molecule has 5 nitrogen and oxygen atoms in total. The van der Waals surface area contributed by atoms with E-state index < -0.39 is 5.60 Å². The van der Waals surface area contributed by atoms with Crippen molar-refractivity contribution in [2.75, 3.05) is 20.3 Å². The van der Waals surface area contributed by atoms with Crippen LogP contribution in [-0.4, -0.2) is 44.0 Å². The van der Waals surface area contributed by atoms with Crippen molar-refractivity contribution in [1.82, 2.24) is 10.6 Å². The fourth-order valence-electron chi connectivity index (χ4n) is 2.05. The summed E-state index contributed by atoms with van der Waals surface area (Å²) in [6.45, 7) is 7.47. The van der Waals surface area contributed by atoms with E-state index in [9.17, 15) is 4.79 Å². The Hall–Kier alpha value is -0.810. The second-order valence-corrected chi connectivity index (χ2v) is 6.17. The van der Waals surface area contributed by atoms with Crippen LogP contribution in [0.3, 0.4) is 0 Å². The van der Waals surface area contributed by atoms with Gasteiger partial charge in [-0.3, -0.25) is 0 Å². The molecule has 1 rings (SSSR count). The predicted octanol–water partition coefficient (Wildman–Crippen LogP) is 2.06. The lowest BCUT2D eigenvalue weighted by atomic mass is 9.87. The lowest BCUT2D eigenvalue weighted by molar-refractivity contribution is 0.0465. The van der Waals surface area contributed by atoms with E-state index in [4.69, 9.17) is 9.47 Å². The van der Waals surface area contributed by atoms with Gasteiger partial charge < -0.3 is 20.1 Å². The minimum Gasteiger partial charge on any atom is -0.444 e. The van der Waals surface area contributed by atoms with Gasteiger partial charge in [0.05, 0.1) is 0 Å². The molecule has 0 aromatic carbocycles. The fraction of sp³-hybridized carbons (Fsp3) is 0.929. The number of hydrogen-bond acceptors (Lipinski definition) is 4. The average Bonchev–Trinajstić information content (AvgIpc) is 2.22. The van der Waals surface area contributed by atoms with E-state index in [0.717, 1.165) is 38.8 Å². The number of hydrogen-bond donors (Lipinski definition) is 2. The van der Waals surface area contributed by atoms with Crippen molar-refractivity contribution in [1.29, 1.82) is 0 Å². The Morgan fingerprint density at radius 3 is 2.47 bits per heavy atom. The average molecular weight is 272 g/mol. The third kappa shape index (κ3) is 7.38. The van der Waals surface area contributed by atoms with Crippen molar-refractivity contribution in [3.05, 3.63) is 0 Å². The van der Waals surface area contributed by atoms with Crippen molar-refractivity contribution in [3.8, 4) is 0 Å². The van der Waals surface area contributed by atoms with Crippen LogP contribution in [0.4, 0.5) is 4.79 Å². The first kappa shape index (κ1) is 16.2. The van der Waals surface area contributed by atoms with E-state index in [2.05, 4.69) is 10.6 Å². The number of methoxy groups -OCH3 is 1. The van der Waals surface area contributed by atoms with E-state index in [1.807, 2.05) is 20.8 Å². The highest BCUT2D eigenvalue weighted by Crippen LogP contribution is 2.20. The Morgan fingerprint density at radius 2 is 1.89 bits per heavy atom. The molecule has 1 fully saturated rings. The number of ether oxygens (including phenoxy) is 2. The van der Waals surface area contributed by atoms with Crippen molar-refractivity contribution in [2.45, 2.75) is 64.1 Å². The second kappa shape index (κ2) is 7.70. The highest BCUT2D eigenvalue weighted by Gasteiger charge is 2.30. The molecular formula is C14H28N2O3. The van der Waals surface area contributed by atoms with E-state index in [-0.39, 0.29) is 12.1 Å². The van der Waals surface area contributed by atoms with E-state index in [0.29, 0.717) is 6.04 Å². The third-order valence-corrected chi connectivity index (χ3v) is 3.07. The lowest BCUT2D eigenvalue weighted by Crippen LogP contribution is -2.53. The summed E-state index contributed by atoms with van der Waals surface area (Å²) in [5, 5.41) is 6.37. The largest absolute Gasteiger partial charge is 0.444 e. The summed E-state index contributed by atoms with van der Waals surface area (Å²) < 4.78 is 10.2. The van der Waals surface area contributed by atoms with E-state index in [1.54, 1.807) is 7.11 Å². The van der Waals surface area contributed by atoms with Crippen LogP contribution in [0.5, 0.6) is 0 Å². The number of carbonyl (C=O) groups is 1. The number of alkyl carbamates (subject to hydrolysis) is 1. The van der Waals surface area contributed by atoms with Gasteiger partial charge in [-0.2, -0.15) is 0 Å². The molecule has 0 saturated heterocycles. The molecule has 1 saturated carbocycles. The molecule has 1 amide bonds. The zero-order valence-corrected chi connectivity index (χ0v) is 12.6. The summed E-state index contributed by atoms with van der Waals surface area (Å²) in [6.07, 6.45) is 3.90. The summed E-state index contributed by atoms with van der Waals surface area (Å²) in [4.78, 5) is 11.5. The standard InChI is InChI=1S/C14H28N2O3/c1-14(2,3)19-13(17)16-12-9-11(10-12)15-7-5-6-8-18-4/h11-12,15H,5-10H2,1-4H3,(H,16,17). The summed E-state index contributed by atoms with van der Waals surface area (Å²) in [5.74, 6) is 0. The molecule has 1 aliphatic rings. The Morgan fingerprint density at radius 1 is 1.21 bits per heavy atom. The maximum Gasteiger partial charge on any atom is 0.407 e. The van der Waals surface area contributed by atoms with Crippen LogP contribution in [0.2, 0.25) is 0 Å². The van der Waals surface area contributed by atoms with Gasteiger partial charge >= 0.3 is 6.09 Å². The first-order valence-electron chi connectivity index (χ1n) is 7.12. The molecule has 0 radical (unpaired) electrons. The monoisotopic (exact) mass is 272 g/mol. The SMILES string of the molecule is COCCCCNC1CC(NC(=O)OC(C)(C)C)C1. The first-order valence-corrected chi connectivity index (χ1v) is 7.12. The van der Waals surface area contributed by atoms with Crippen LogP contribution >= 0.6 is 0 Å². The molecule has 0 aliphatic heterocycles. The first-order chi connectivity index (χ1) is 8.90. The van der Waals surface area contributed by atoms with Crippen molar-refractivity contribution < 1.29 is 14.3 Å². The Bertz CT molecular complexity index is 270. The molecule has 0 spiro atoms. The van der Waals surface area contributed by atoms with Crippen LogP contribution < -0.4 is 10.6 Å². The second-order valence-electron chi connectivity index (χ2n) is 6.17. The van der Waals surface area contributed by atoms with Crippen molar-refractivity contribution in [2.24, 2.45) is 0 Å². The van der Waals surface area contributed by atoms with Gasteiger partial charge in [-0.05, 0) is 53.0 Å². The zero-order valence-electron chi connectivity index (χ0n) is 12.6. The topological polar surface area (TPSA) is 59.6 Å². The zero-order chi connectivity index (χ0) is 14.3. The quantitative estimate of drug-likeness (QED) is 0.696. The molecule has 0 aromatic rings. The highest BCUT2D eigenvalue weighted by atomic mass is 16.6. The smallest absolute Gasteiger partial charge is 0.407 e. The van der Waals surface area contributed by atoms with E-state index >= 15 is 0 Å². The van der Waals surface area contributed by atoms with Crippen molar-refractivity contribution >= 4 is 6.09 Å². The molecule has 1 aliphatic carbocycles. The molecule has 19 heavy (non-hydrogen) atoms. The number of nitrogens with one attached hydrogen (secondary N) is 2. The van der Waals surface area contributed by atoms with Gasteiger partial charge in [0, 0.05) is 25.8 Å². The minimum atomic E-state index is -0.424. The van der Waals surface area contributed by atoms with Gasteiger partial charge in [-0.25, -0.2) is 4.79 Å². The summed E-state index contributed by atoms with van der Waals surface area (Å²) in [5.41, 5.74) is -0.424. The lowest BCUT2D eigenvalue weighted by Gasteiger charge is -2.36. The summed E-state index contributed by atoms with van der Waals surface area (Å²) >= 11 is 0. The Balaban J connectivity index is 1.99. The summed E-state index contributed by atoms with van der Waals surface area (Å²) in [6, 6.07) is 0.786. The van der Waals surface area contributed by atoms with Gasteiger partial charge in [0.15, 0.2) is 0 Å². The van der Waals surface area contributed by atoms with Gasteiger partial charge in [0.1, 0.15) is 5.60 Å². The minimum absolute atomic E-state index is 0.256. The van der Waals surface area contributed by atoms with Gasteiger partial charge in [-0.15, -0.1) is 0 Å². The van der Waals surface area contributed by atoms with Crippen LogP contribution in [0.15, 0.2) is 0 Å². The maximum atomic E-state index is 11.5. The Kier molecular flexibility index (Phi) is 6.58.